The third-order valence-corrected chi connectivity index (χ3v) is 3.64. The molecular weight excluding hydrogens is 276 g/mol. The molecule has 0 aliphatic rings. The van der Waals surface area contributed by atoms with Crippen molar-refractivity contribution in [2.45, 2.75) is 16.8 Å². The van der Waals surface area contributed by atoms with Crippen LogP contribution in [0.25, 0.3) is 5.78 Å². The summed E-state index contributed by atoms with van der Waals surface area (Å²) in [6, 6.07) is 8.66. The maximum Gasteiger partial charge on any atom is 0.335 e. The minimum atomic E-state index is -0.940. The number of carbonyl (C=O) groups is 1. The zero-order valence-electron chi connectivity index (χ0n) is 10.5. The molecule has 2 heterocycles. The Morgan fingerprint density at radius 3 is 3.00 bits per heavy atom. The minimum absolute atomic E-state index is 0.260. The predicted molar refractivity (Wildman–Crippen MR) is 73.0 cm³/mol. The molecule has 1 N–H and O–H groups in total. The number of rotatable bonds is 3. The fourth-order valence-electron chi connectivity index (χ4n) is 1.78. The number of aryl methyl sites for hydroxylation is 1. The lowest BCUT2D eigenvalue weighted by molar-refractivity contribution is 0.0696. The Morgan fingerprint density at radius 1 is 1.35 bits per heavy atom. The summed E-state index contributed by atoms with van der Waals surface area (Å²) in [7, 11) is 0. The van der Waals surface area contributed by atoms with Crippen molar-refractivity contribution in [3.05, 3.63) is 47.9 Å². The molecule has 2 aromatic heterocycles. The fraction of sp³-hybridized carbons (Fsp3) is 0.0769. The Labute approximate surface area is 118 Å². The molecule has 6 nitrogen and oxygen atoms in total. The molecular formula is C13H10N4O2S. The van der Waals surface area contributed by atoms with Crippen LogP contribution >= 0.6 is 11.8 Å². The molecule has 3 rings (SSSR count). The molecule has 20 heavy (non-hydrogen) atoms. The molecule has 0 radical (unpaired) electrons. The second-order valence-electron chi connectivity index (χ2n) is 4.14. The molecule has 0 saturated carbocycles. The van der Waals surface area contributed by atoms with Crippen molar-refractivity contribution < 1.29 is 9.90 Å². The molecule has 0 amide bonds. The summed E-state index contributed by atoms with van der Waals surface area (Å²) in [6.45, 7) is 1.88. The van der Waals surface area contributed by atoms with E-state index in [-0.39, 0.29) is 5.56 Å². The van der Waals surface area contributed by atoms with Gasteiger partial charge in [-0.1, -0.05) is 17.8 Å². The Morgan fingerprint density at radius 2 is 2.20 bits per heavy atom. The summed E-state index contributed by atoms with van der Waals surface area (Å²) in [5.74, 6) is -0.411. The molecule has 3 aromatic rings. The van der Waals surface area contributed by atoms with E-state index in [4.69, 9.17) is 5.11 Å². The number of fused-ring (bicyclic) bond motifs is 1. The summed E-state index contributed by atoms with van der Waals surface area (Å²) in [6.07, 6.45) is 1.44. The standard InChI is InChI=1S/C13H10N4O2S/c1-8-5-11(17-13(16-8)14-7-15-17)20-10-4-2-3-9(6-10)12(18)19/h2-7H,1H3,(H,18,19). The first-order valence-corrected chi connectivity index (χ1v) is 6.64. The van der Waals surface area contributed by atoms with Crippen molar-refractivity contribution in [1.82, 2.24) is 19.6 Å². The van der Waals surface area contributed by atoms with E-state index in [1.54, 1.807) is 22.7 Å². The first kappa shape index (κ1) is 12.6. The van der Waals surface area contributed by atoms with Gasteiger partial charge in [-0.25, -0.2) is 9.78 Å². The highest BCUT2D eigenvalue weighted by Crippen LogP contribution is 2.28. The van der Waals surface area contributed by atoms with Gasteiger partial charge in [-0.2, -0.15) is 14.6 Å². The SMILES string of the molecule is Cc1cc(Sc2cccc(C(=O)O)c2)n2ncnc2n1. The number of hydrogen-bond acceptors (Lipinski definition) is 5. The van der Waals surface area contributed by atoms with E-state index in [1.807, 2.05) is 19.1 Å². The van der Waals surface area contributed by atoms with Gasteiger partial charge in [-0.15, -0.1) is 0 Å². The molecule has 0 fully saturated rings. The number of carboxylic acid groups (broad SMARTS) is 1. The van der Waals surface area contributed by atoms with Gasteiger partial charge in [-0.05, 0) is 31.2 Å². The lowest BCUT2D eigenvalue weighted by atomic mass is 10.2. The quantitative estimate of drug-likeness (QED) is 0.744. The maximum atomic E-state index is 11.0. The maximum absolute atomic E-state index is 11.0. The van der Waals surface area contributed by atoms with Crippen LogP contribution in [-0.2, 0) is 0 Å². The third kappa shape index (κ3) is 2.35. The Bertz CT molecular complexity index is 800. The average Bonchev–Trinajstić information content (AvgIpc) is 2.87. The molecule has 0 unspecified atom stereocenters. The molecule has 1 aromatic carbocycles. The van der Waals surface area contributed by atoms with Crippen LogP contribution in [0, 0.1) is 6.92 Å². The number of hydrogen-bond donors (Lipinski definition) is 1. The second-order valence-corrected chi connectivity index (χ2v) is 5.24. The van der Waals surface area contributed by atoms with Gasteiger partial charge in [0.15, 0.2) is 0 Å². The highest BCUT2D eigenvalue weighted by Gasteiger charge is 2.09. The van der Waals surface area contributed by atoms with Gasteiger partial charge in [0, 0.05) is 10.6 Å². The van der Waals surface area contributed by atoms with Crippen LogP contribution in [0.1, 0.15) is 16.1 Å². The molecule has 0 saturated heterocycles. The summed E-state index contributed by atoms with van der Waals surface area (Å²) in [5, 5.41) is 14.0. The highest BCUT2D eigenvalue weighted by molar-refractivity contribution is 7.99. The summed E-state index contributed by atoms with van der Waals surface area (Å²) in [5.41, 5.74) is 1.10. The number of aromatic nitrogens is 4. The first-order chi connectivity index (χ1) is 9.63. The Hall–Kier alpha value is -2.41. The topological polar surface area (TPSA) is 80.4 Å². The Balaban J connectivity index is 2.02. The van der Waals surface area contributed by atoms with Gasteiger partial charge in [0.1, 0.15) is 11.4 Å². The largest absolute Gasteiger partial charge is 0.478 e. The molecule has 0 atom stereocenters. The molecule has 100 valence electrons. The molecule has 0 spiro atoms. The van der Waals surface area contributed by atoms with Crippen LogP contribution in [0.3, 0.4) is 0 Å². The van der Waals surface area contributed by atoms with Crippen LogP contribution in [0.4, 0.5) is 0 Å². The van der Waals surface area contributed by atoms with Crippen molar-refractivity contribution in [2.75, 3.05) is 0 Å². The zero-order valence-corrected chi connectivity index (χ0v) is 11.3. The first-order valence-electron chi connectivity index (χ1n) is 5.82. The number of nitrogens with zero attached hydrogens (tertiary/aromatic N) is 4. The van der Waals surface area contributed by atoms with Gasteiger partial charge in [0.2, 0.25) is 0 Å². The van der Waals surface area contributed by atoms with Crippen LogP contribution in [-0.4, -0.2) is 30.7 Å². The third-order valence-electron chi connectivity index (χ3n) is 2.65. The van der Waals surface area contributed by atoms with E-state index in [0.717, 1.165) is 15.6 Å². The van der Waals surface area contributed by atoms with E-state index in [9.17, 15) is 4.79 Å². The monoisotopic (exact) mass is 286 g/mol. The van der Waals surface area contributed by atoms with Crippen LogP contribution in [0.15, 0.2) is 46.6 Å². The summed E-state index contributed by atoms with van der Waals surface area (Å²) < 4.78 is 1.63. The van der Waals surface area contributed by atoms with Gasteiger partial charge in [0.05, 0.1) is 5.56 Å². The van der Waals surface area contributed by atoms with Crippen molar-refractivity contribution in [3.63, 3.8) is 0 Å². The van der Waals surface area contributed by atoms with Gasteiger partial charge in [-0.3, -0.25) is 0 Å². The normalized spacial score (nSPS) is 10.8. The number of aromatic carboxylic acids is 1. The van der Waals surface area contributed by atoms with Crippen LogP contribution in [0.2, 0.25) is 0 Å². The molecule has 0 aliphatic heterocycles. The molecule has 7 heteroatoms. The minimum Gasteiger partial charge on any atom is -0.478 e. The summed E-state index contributed by atoms with van der Waals surface area (Å²) in [4.78, 5) is 20.1. The van der Waals surface area contributed by atoms with Crippen LogP contribution in [0.5, 0.6) is 0 Å². The van der Waals surface area contributed by atoms with Crippen LogP contribution < -0.4 is 0 Å². The van der Waals surface area contributed by atoms with Crippen molar-refractivity contribution in [2.24, 2.45) is 0 Å². The highest BCUT2D eigenvalue weighted by atomic mass is 32.2. The zero-order chi connectivity index (χ0) is 14.1. The lowest BCUT2D eigenvalue weighted by Crippen LogP contribution is -1.98. The van der Waals surface area contributed by atoms with E-state index in [2.05, 4.69) is 15.1 Å². The van der Waals surface area contributed by atoms with Gasteiger partial charge < -0.3 is 5.11 Å². The molecule has 0 bridgehead atoms. The number of carboxylic acids is 1. The smallest absolute Gasteiger partial charge is 0.335 e. The van der Waals surface area contributed by atoms with E-state index < -0.39 is 5.97 Å². The van der Waals surface area contributed by atoms with Gasteiger partial charge in [0.25, 0.3) is 5.78 Å². The summed E-state index contributed by atoms with van der Waals surface area (Å²) >= 11 is 1.42. The van der Waals surface area contributed by atoms with E-state index >= 15 is 0 Å². The predicted octanol–water partition coefficient (Wildman–Crippen LogP) is 2.28. The molecule has 0 aliphatic carbocycles. The van der Waals surface area contributed by atoms with E-state index in [1.165, 1.54) is 18.1 Å². The average molecular weight is 286 g/mol. The van der Waals surface area contributed by atoms with E-state index in [0.29, 0.717) is 5.78 Å². The number of benzene rings is 1. The lowest BCUT2D eigenvalue weighted by Gasteiger charge is -2.05. The fourth-order valence-corrected chi connectivity index (χ4v) is 2.80. The van der Waals surface area contributed by atoms with Crippen molar-refractivity contribution >= 4 is 23.5 Å². The van der Waals surface area contributed by atoms with Gasteiger partial charge >= 0.3 is 5.97 Å². The van der Waals surface area contributed by atoms with Crippen molar-refractivity contribution in [1.29, 1.82) is 0 Å². The van der Waals surface area contributed by atoms with Crippen molar-refractivity contribution in [3.8, 4) is 0 Å². The second kappa shape index (κ2) is 4.93. The Kier molecular flexibility index (Phi) is 3.11.